The lowest BCUT2D eigenvalue weighted by atomic mass is 10.1. The Kier molecular flexibility index (Phi) is 5.82. The molecular formula is C25H27N3OS. The number of aromatic nitrogens is 1. The zero-order chi connectivity index (χ0) is 21.3. The lowest BCUT2D eigenvalue weighted by molar-refractivity contribution is -0.123. The summed E-state index contributed by atoms with van der Waals surface area (Å²) in [6.07, 6.45) is 5.03. The second-order valence-corrected chi connectivity index (χ2v) is 8.67. The molecule has 4 nitrogen and oxygen atoms in total. The monoisotopic (exact) mass is 417 g/mol. The van der Waals surface area contributed by atoms with E-state index in [2.05, 4.69) is 56.7 Å². The SMILES string of the molecule is CC[C@H](C)N1C(=O)/C(=C\c2cn(CC)c3ccccc23)SC1=Nc1ccc(C)cc1. The van der Waals surface area contributed by atoms with Gasteiger partial charge in [0.15, 0.2) is 5.17 Å². The third-order valence-corrected chi connectivity index (χ3v) is 6.56. The van der Waals surface area contributed by atoms with Gasteiger partial charge in [-0.2, -0.15) is 0 Å². The molecule has 154 valence electrons. The van der Waals surface area contributed by atoms with Crippen LogP contribution in [0.3, 0.4) is 0 Å². The number of para-hydroxylation sites is 1. The highest BCUT2D eigenvalue weighted by Crippen LogP contribution is 2.37. The van der Waals surface area contributed by atoms with E-state index in [9.17, 15) is 4.79 Å². The predicted molar refractivity (Wildman–Crippen MR) is 128 cm³/mol. The summed E-state index contributed by atoms with van der Waals surface area (Å²) >= 11 is 1.47. The number of amidine groups is 1. The van der Waals surface area contributed by atoms with E-state index in [1.807, 2.05) is 41.3 Å². The van der Waals surface area contributed by atoms with Crippen LogP contribution in [-0.4, -0.2) is 26.6 Å². The predicted octanol–water partition coefficient (Wildman–Crippen LogP) is 6.37. The fraction of sp³-hybridized carbons (Fsp3) is 0.280. The minimum Gasteiger partial charge on any atom is -0.347 e. The third kappa shape index (κ3) is 3.82. The van der Waals surface area contributed by atoms with Crippen LogP contribution in [0.25, 0.3) is 17.0 Å². The Morgan fingerprint density at radius 1 is 1.10 bits per heavy atom. The molecule has 0 spiro atoms. The molecule has 0 bridgehead atoms. The van der Waals surface area contributed by atoms with E-state index < -0.39 is 0 Å². The molecule has 1 saturated heterocycles. The van der Waals surface area contributed by atoms with Gasteiger partial charge in [0.25, 0.3) is 5.91 Å². The molecule has 1 aliphatic rings. The summed E-state index contributed by atoms with van der Waals surface area (Å²) in [6, 6.07) is 16.5. The zero-order valence-corrected chi connectivity index (χ0v) is 18.7. The van der Waals surface area contributed by atoms with Gasteiger partial charge in [-0.3, -0.25) is 9.69 Å². The number of hydrogen-bond acceptors (Lipinski definition) is 3. The lowest BCUT2D eigenvalue weighted by Crippen LogP contribution is -2.36. The third-order valence-electron chi connectivity index (χ3n) is 5.57. The average Bonchev–Trinajstić information content (AvgIpc) is 3.27. The molecule has 2 heterocycles. The molecule has 0 unspecified atom stereocenters. The van der Waals surface area contributed by atoms with E-state index in [-0.39, 0.29) is 11.9 Å². The van der Waals surface area contributed by atoms with Crippen LogP contribution in [-0.2, 0) is 11.3 Å². The van der Waals surface area contributed by atoms with E-state index in [0.29, 0.717) is 0 Å². The fourth-order valence-corrected chi connectivity index (χ4v) is 4.74. The van der Waals surface area contributed by atoms with Crippen molar-refractivity contribution < 1.29 is 4.79 Å². The van der Waals surface area contributed by atoms with Gasteiger partial charge in [0.05, 0.1) is 10.6 Å². The zero-order valence-electron chi connectivity index (χ0n) is 17.9. The van der Waals surface area contributed by atoms with E-state index in [4.69, 9.17) is 4.99 Å². The van der Waals surface area contributed by atoms with Gasteiger partial charge in [-0.05, 0) is 63.2 Å². The van der Waals surface area contributed by atoms with Crippen molar-refractivity contribution in [1.82, 2.24) is 9.47 Å². The molecule has 30 heavy (non-hydrogen) atoms. The second kappa shape index (κ2) is 8.52. The van der Waals surface area contributed by atoms with Crippen LogP contribution in [0.1, 0.15) is 38.3 Å². The van der Waals surface area contributed by atoms with Crippen LogP contribution < -0.4 is 0 Å². The summed E-state index contributed by atoms with van der Waals surface area (Å²) in [5.74, 6) is 0.0357. The van der Waals surface area contributed by atoms with Crippen LogP contribution in [0.5, 0.6) is 0 Å². The van der Waals surface area contributed by atoms with E-state index >= 15 is 0 Å². The molecule has 0 aliphatic carbocycles. The number of nitrogens with zero attached hydrogens (tertiary/aromatic N) is 3. The Bertz CT molecular complexity index is 1140. The van der Waals surface area contributed by atoms with Crippen LogP contribution in [0.4, 0.5) is 5.69 Å². The van der Waals surface area contributed by atoms with Gasteiger partial charge in [0.2, 0.25) is 0 Å². The Morgan fingerprint density at radius 3 is 2.53 bits per heavy atom. The van der Waals surface area contributed by atoms with Gasteiger partial charge >= 0.3 is 0 Å². The second-order valence-electron chi connectivity index (χ2n) is 7.66. The number of aliphatic imine (C=N–C) groups is 1. The van der Waals surface area contributed by atoms with Gasteiger partial charge in [-0.25, -0.2) is 4.99 Å². The number of thioether (sulfide) groups is 1. The smallest absolute Gasteiger partial charge is 0.267 e. The first-order valence-electron chi connectivity index (χ1n) is 10.5. The Morgan fingerprint density at radius 2 is 1.83 bits per heavy atom. The summed E-state index contributed by atoms with van der Waals surface area (Å²) in [4.78, 5) is 20.7. The van der Waals surface area contributed by atoms with Crippen molar-refractivity contribution in [1.29, 1.82) is 0 Å². The van der Waals surface area contributed by atoms with Crippen molar-refractivity contribution >= 4 is 45.5 Å². The molecule has 0 radical (unpaired) electrons. The summed E-state index contributed by atoms with van der Waals surface area (Å²) in [5, 5.41) is 1.92. The number of aryl methyl sites for hydroxylation is 2. The molecule has 0 saturated carbocycles. The van der Waals surface area contributed by atoms with Gasteiger partial charge in [0.1, 0.15) is 0 Å². The highest BCUT2D eigenvalue weighted by molar-refractivity contribution is 8.18. The molecular weight excluding hydrogens is 390 g/mol. The Balaban J connectivity index is 1.76. The molecule has 1 amide bonds. The number of hydrogen-bond donors (Lipinski definition) is 0. The van der Waals surface area contributed by atoms with Gasteiger partial charge in [-0.1, -0.05) is 42.8 Å². The van der Waals surface area contributed by atoms with Gasteiger partial charge in [0, 0.05) is 35.2 Å². The fourth-order valence-electron chi connectivity index (χ4n) is 3.66. The van der Waals surface area contributed by atoms with Crippen molar-refractivity contribution in [2.45, 2.75) is 46.7 Å². The summed E-state index contributed by atoms with van der Waals surface area (Å²) in [5.41, 5.74) is 4.33. The Labute approximate surface area is 182 Å². The molecule has 1 aromatic heterocycles. The van der Waals surface area contributed by atoms with Crippen molar-refractivity contribution in [3.63, 3.8) is 0 Å². The molecule has 5 heteroatoms. The number of carbonyl (C=O) groups is 1. The lowest BCUT2D eigenvalue weighted by Gasteiger charge is -2.22. The summed E-state index contributed by atoms with van der Waals surface area (Å²) in [6.45, 7) is 9.27. The van der Waals surface area contributed by atoms with E-state index in [1.165, 1.54) is 28.2 Å². The molecule has 4 rings (SSSR count). The van der Waals surface area contributed by atoms with Crippen LogP contribution in [0, 0.1) is 6.92 Å². The number of rotatable bonds is 5. The maximum absolute atomic E-state index is 13.3. The summed E-state index contributed by atoms with van der Waals surface area (Å²) < 4.78 is 2.22. The minimum absolute atomic E-state index is 0.0357. The largest absolute Gasteiger partial charge is 0.347 e. The number of fused-ring (bicyclic) bond motifs is 1. The molecule has 2 aromatic carbocycles. The quantitative estimate of drug-likeness (QED) is 0.452. The highest BCUT2D eigenvalue weighted by Gasteiger charge is 2.36. The minimum atomic E-state index is 0.0357. The van der Waals surface area contributed by atoms with Crippen molar-refractivity contribution in [2.24, 2.45) is 4.99 Å². The van der Waals surface area contributed by atoms with E-state index in [1.54, 1.807) is 0 Å². The van der Waals surface area contributed by atoms with Crippen LogP contribution in [0.15, 0.2) is 64.6 Å². The van der Waals surface area contributed by atoms with E-state index in [0.717, 1.165) is 34.3 Å². The topological polar surface area (TPSA) is 37.6 Å². The molecule has 1 fully saturated rings. The maximum Gasteiger partial charge on any atom is 0.267 e. The first-order valence-corrected chi connectivity index (χ1v) is 11.3. The first-order chi connectivity index (χ1) is 14.5. The van der Waals surface area contributed by atoms with Crippen molar-refractivity contribution in [2.75, 3.05) is 0 Å². The van der Waals surface area contributed by atoms with Crippen molar-refractivity contribution in [3.05, 3.63) is 70.8 Å². The van der Waals surface area contributed by atoms with Crippen LogP contribution >= 0.6 is 11.8 Å². The number of carbonyl (C=O) groups excluding carboxylic acids is 1. The standard InChI is InChI=1S/C25H27N3OS/c1-5-18(4)28-24(29)23(30-25(28)26-20-13-11-17(3)12-14-20)15-19-16-27(6-2)22-10-8-7-9-21(19)22/h7-16,18H,5-6H2,1-4H3/b23-15+,26-25?/t18-/m0/s1. The van der Waals surface area contributed by atoms with Gasteiger partial charge < -0.3 is 4.57 Å². The Hall–Kier alpha value is -2.79. The average molecular weight is 418 g/mol. The highest BCUT2D eigenvalue weighted by atomic mass is 32.2. The molecule has 1 aliphatic heterocycles. The number of benzene rings is 2. The molecule has 1 atom stereocenters. The van der Waals surface area contributed by atoms with Crippen molar-refractivity contribution in [3.8, 4) is 0 Å². The molecule has 0 N–H and O–H groups in total. The number of amides is 1. The van der Waals surface area contributed by atoms with Gasteiger partial charge in [-0.15, -0.1) is 0 Å². The first kappa shape index (κ1) is 20.5. The van der Waals surface area contributed by atoms with Crippen LogP contribution in [0.2, 0.25) is 0 Å². The summed E-state index contributed by atoms with van der Waals surface area (Å²) in [7, 11) is 0. The molecule has 3 aromatic rings. The normalized spacial score (nSPS) is 18.1. The maximum atomic E-state index is 13.3.